The summed E-state index contributed by atoms with van der Waals surface area (Å²) in [6.07, 6.45) is 5.71. The molecule has 0 radical (unpaired) electrons. The lowest BCUT2D eigenvalue weighted by molar-refractivity contribution is 0.272. The Labute approximate surface area is 203 Å². The third-order valence-corrected chi connectivity index (χ3v) is 8.12. The monoisotopic (exact) mass is 460 g/mol. The van der Waals surface area contributed by atoms with Crippen molar-refractivity contribution in [3.63, 3.8) is 0 Å². The first-order valence-electron chi connectivity index (χ1n) is 11.8. The number of para-hydroxylation sites is 1. The molecule has 0 saturated heterocycles. The lowest BCUT2D eigenvalue weighted by atomic mass is 9.66. The van der Waals surface area contributed by atoms with Crippen LogP contribution in [-0.4, -0.2) is 14.5 Å². The molecular formula is C29H24N4S. The molecule has 1 N–H and O–H groups in total. The fraction of sp³-hybridized carbons (Fsp3) is 0.172. The molecule has 0 atom stereocenters. The molecule has 0 unspecified atom stereocenters. The Morgan fingerprint density at radius 3 is 2.56 bits per heavy atom. The van der Waals surface area contributed by atoms with Crippen molar-refractivity contribution >= 4 is 22.8 Å². The van der Waals surface area contributed by atoms with Gasteiger partial charge in [-0.3, -0.25) is 4.57 Å². The minimum absolute atomic E-state index is 0.322. The summed E-state index contributed by atoms with van der Waals surface area (Å²) >= 11 is 1.70. The van der Waals surface area contributed by atoms with Gasteiger partial charge in [-0.15, -0.1) is 0 Å². The predicted molar refractivity (Wildman–Crippen MR) is 140 cm³/mol. The first-order valence-corrected chi connectivity index (χ1v) is 12.7. The van der Waals surface area contributed by atoms with E-state index in [0.717, 1.165) is 45.5 Å². The lowest BCUT2D eigenvalue weighted by Crippen LogP contribution is -2.30. The van der Waals surface area contributed by atoms with Crippen molar-refractivity contribution in [1.82, 2.24) is 14.5 Å². The molecule has 2 aliphatic rings. The number of nitrogens with one attached hydrogen (secondary N) is 1. The van der Waals surface area contributed by atoms with Gasteiger partial charge in [0.05, 0.1) is 22.8 Å². The molecule has 0 bridgehead atoms. The molecule has 5 aromatic rings. The van der Waals surface area contributed by atoms with Crippen molar-refractivity contribution in [1.29, 1.82) is 0 Å². The van der Waals surface area contributed by atoms with Crippen LogP contribution in [0.15, 0.2) is 83.7 Å². The summed E-state index contributed by atoms with van der Waals surface area (Å²) in [4.78, 5) is 9.96. The molecule has 2 aromatic carbocycles. The summed E-state index contributed by atoms with van der Waals surface area (Å²) in [5.41, 5.74) is 9.27. The number of hydrogen-bond acceptors (Lipinski definition) is 4. The van der Waals surface area contributed by atoms with E-state index in [1.165, 1.54) is 30.4 Å². The normalized spacial score (nSPS) is 15.3. The van der Waals surface area contributed by atoms with E-state index in [4.69, 9.17) is 9.97 Å². The fourth-order valence-electron chi connectivity index (χ4n) is 5.32. The zero-order valence-corrected chi connectivity index (χ0v) is 19.8. The molecule has 0 amide bonds. The van der Waals surface area contributed by atoms with Crippen LogP contribution in [0.4, 0.5) is 11.5 Å². The SMILES string of the molecule is CC1(c2ccc(-c3c(-c4ccsc4)nc4n3-c3cccnc3Nc3ccccc3-4)cc2)CCC1. The first kappa shape index (κ1) is 19.7. The Balaban J connectivity index is 1.53. The first-order chi connectivity index (χ1) is 16.7. The number of anilines is 2. The zero-order chi connectivity index (χ0) is 22.7. The number of benzene rings is 2. The summed E-state index contributed by atoms with van der Waals surface area (Å²) < 4.78 is 2.29. The third kappa shape index (κ3) is 2.90. The number of fused-ring (bicyclic) bond motifs is 5. The average molecular weight is 461 g/mol. The number of aromatic nitrogens is 3. The highest BCUT2D eigenvalue weighted by molar-refractivity contribution is 7.08. The van der Waals surface area contributed by atoms with Gasteiger partial charge >= 0.3 is 0 Å². The smallest absolute Gasteiger partial charge is 0.154 e. The van der Waals surface area contributed by atoms with Crippen molar-refractivity contribution in [3.05, 3.63) is 89.3 Å². The quantitative estimate of drug-likeness (QED) is 0.293. The Bertz CT molecular complexity index is 1510. The van der Waals surface area contributed by atoms with E-state index in [-0.39, 0.29) is 0 Å². The molecule has 1 fully saturated rings. The van der Waals surface area contributed by atoms with E-state index in [1.54, 1.807) is 11.3 Å². The number of thiophene rings is 1. The molecule has 34 heavy (non-hydrogen) atoms. The van der Waals surface area contributed by atoms with Gasteiger partial charge in [0.15, 0.2) is 5.82 Å². The Hall–Kier alpha value is -3.70. The molecule has 1 saturated carbocycles. The van der Waals surface area contributed by atoms with Crippen LogP contribution in [0.2, 0.25) is 0 Å². The van der Waals surface area contributed by atoms with Crippen LogP contribution < -0.4 is 5.32 Å². The number of hydrogen-bond donors (Lipinski definition) is 1. The van der Waals surface area contributed by atoms with Gasteiger partial charge in [-0.1, -0.05) is 49.7 Å². The van der Waals surface area contributed by atoms with Crippen LogP contribution >= 0.6 is 11.3 Å². The summed E-state index contributed by atoms with van der Waals surface area (Å²) in [5.74, 6) is 1.77. The van der Waals surface area contributed by atoms with Crippen molar-refractivity contribution < 1.29 is 0 Å². The van der Waals surface area contributed by atoms with Gasteiger partial charge in [0.25, 0.3) is 0 Å². The molecule has 7 rings (SSSR count). The Morgan fingerprint density at radius 1 is 0.941 bits per heavy atom. The number of pyridine rings is 1. The number of rotatable bonds is 3. The van der Waals surface area contributed by atoms with Crippen molar-refractivity contribution in [3.8, 4) is 39.6 Å². The minimum Gasteiger partial charge on any atom is -0.338 e. The molecule has 1 aliphatic carbocycles. The molecular weight excluding hydrogens is 436 g/mol. The van der Waals surface area contributed by atoms with Gasteiger partial charge < -0.3 is 5.32 Å². The van der Waals surface area contributed by atoms with E-state index < -0.39 is 0 Å². The van der Waals surface area contributed by atoms with E-state index in [2.05, 4.69) is 82.2 Å². The lowest BCUT2D eigenvalue weighted by Gasteiger charge is -2.39. The zero-order valence-electron chi connectivity index (χ0n) is 19.0. The molecule has 4 heterocycles. The summed E-state index contributed by atoms with van der Waals surface area (Å²) in [6.45, 7) is 2.39. The average Bonchev–Trinajstić information content (AvgIpc) is 3.49. The Kier molecular flexibility index (Phi) is 4.30. The minimum atomic E-state index is 0.322. The summed E-state index contributed by atoms with van der Waals surface area (Å²) in [5, 5.41) is 7.85. The maximum Gasteiger partial charge on any atom is 0.154 e. The van der Waals surface area contributed by atoms with Gasteiger partial charge in [0.1, 0.15) is 5.82 Å². The summed E-state index contributed by atoms with van der Waals surface area (Å²) in [7, 11) is 0. The highest BCUT2D eigenvalue weighted by Crippen LogP contribution is 2.46. The van der Waals surface area contributed by atoms with Gasteiger partial charge in [-0.2, -0.15) is 11.3 Å². The van der Waals surface area contributed by atoms with E-state index >= 15 is 0 Å². The molecule has 0 spiro atoms. The maximum absolute atomic E-state index is 5.27. The fourth-order valence-corrected chi connectivity index (χ4v) is 5.96. The van der Waals surface area contributed by atoms with Gasteiger partial charge in [0, 0.05) is 28.3 Å². The molecule has 1 aliphatic heterocycles. The largest absolute Gasteiger partial charge is 0.338 e. The number of nitrogens with zero attached hydrogens (tertiary/aromatic N) is 3. The standard InChI is InChI=1S/C29H24N4S/c1-29(14-5-15-29)21-11-9-19(10-12-21)26-25(20-13-17-34-18-20)32-28-22-6-2-3-7-23(22)31-27-24(33(26)28)8-4-16-30-27/h2-4,6-13,16-18H,5,14-15H2,1H3,(H,30,31). The van der Waals surface area contributed by atoms with Crippen LogP contribution in [-0.2, 0) is 5.41 Å². The Morgan fingerprint density at radius 2 is 1.79 bits per heavy atom. The predicted octanol–water partition coefficient (Wildman–Crippen LogP) is 7.83. The molecule has 3 aromatic heterocycles. The number of imidazole rings is 1. The van der Waals surface area contributed by atoms with Crippen LogP contribution in [0.25, 0.3) is 39.6 Å². The van der Waals surface area contributed by atoms with E-state index in [0.29, 0.717) is 5.41 Å². The maximum atomic E-state index is 5.27. The highest BCUT2D eigenvalue weighted by Gasteiger charge is 2.34. The molecule has 5 heteroatoms. The van der Waals surface area contributed by atoms with Crippen LogP contribution in [0.3, 0.4) is 0 Å². The van der Waals surface area contributed by atoms with Gasteiger partial charge in [-0.05, 0) is 59.5 Å². The van der Waals surface area contributed by atoms with Crippen LogP contribution in [0.5, 0.6) is 0 Å². The topological polar surface area (TPSA) is 42.7 Å². The summed E-state index contributed by atoms with van der Waals surface area (Å²) in [6, 6.07) is 23.8. The van der Waals surface area contributed by atoms with Crippen molar-refractivity contribution in [2.24, 2.45) is 0 Å². The second kappa shape index (κ2) is 7.40. The highest BCUT2D eigenvalue weighted by atomic mass is 32.1. The molecule has 4 nitrogen and oxygen atoms in total. The van der Waals surface area contributed by atoms with E-state index in [1.807, 2.05) is 18.3 Å². The second-order valence-corrected chi connectivity index (χ2v) is 10.3. The van der Waals surface area contributed by atoms with Gasteiger partial charge in [0.2, 0.25) is 0 Å². The van der Waals surface area contributed by atoms with Crippen molar-refractivity contribution in [2.75, 3.05) is 5.32 Å². The second-order valence-electron chi connectivity index (χ2n) is 9.51. The van der Waals surface area contributed by atoms with Gasteiger partial charge in [-0.25, -0.2) is 9.97 Å². The van der Waals surface area contributed by atoms with Crippen LogP contribution in [0.1, 0.15) is 31.7 Å². The van der Waals surface area contributed by atoms with Crippen LogP contribution in [0, 0.1) is 0 Å². The van der Waals surface area contributed by atoms with E-state index in [9.17, 15) is 0 Å². The van der Waals surface area contributed by atoms with Crippen molar-refractivity contribution in [2.45, 2.75) is 31.6 Å². The molecule has 166 valence electrons. The third-order valence-electron chi connectivity index (χ3n) is 7.43.